The maximum Gasteiger partial charge on any atom is 0.152 e. The molecule has 0 aliphatic rings. The molecule has 4 heteroatoms. The van der Waals surface area contributed by atoms with E-state index in [-0.39, 0.29) is 5.78 Å². The number of unbranched alkanes of at least 4 members (excludes halogenated alkanes) is 3. The number of aromatic amines is 1. The Kier molecular flexibility index (Phi) is 7.40. The van der Waals surface area contributed by atoms with Crippen LogP contribution < -0.4 is 4.74 Å². The third-order valence-electron chi connectivity index (χ3n) is 4.73. The van der Waals surface area contributed by atoms with Crippen LogP contribution in [0.2, 0.25) is 0 Å². The molecule has 1 heterocycles. The first-order chi connectivity index (χ1) is 14.2. The number of ketones is 1. The molecule has 0 saturated carbocycles. The lowest BCUT2D eigenvalue weighted by atomic mass is 10.1. The van der Waals surface area contributed by atoms with Gasteiger partial charge in [0, 0.05) is 5.56 Å². The summed E-state index contributed by atoms with van der Waals surface area (Å²) in [6, 6.07) is 18.1. The second-order valence-corrected chi connectivity index (χ2v) is 7.17. The van der Waals surface area contributed by atoms with Crippen molar-refractivity contribution in [2.24, 2.45) is 0 Å². The van der Waals surface area contributed by atoms with Gasteiger partial charge in [0.25, 0.3) is 0 Å². The van der Waals surface area contributed by atoms with Crippen LogP contribution in [0, 0.1) is 0 Å². The van der Waals surface area contributed by atoms with Crippen LogP contribution in [0.4, 0.5) is 0 Å². The summed E-state index contributed by atoms with van der Waals surface area (Å²) < 4.78 is 5.81. The third kappa shape index (κ3) is 6.18. The first kappa shape index (κ1) is 20.6. The molecule has 0 atom stereocenters. The molecule has 4 nitrogen and oxygen atoms in total. The lowest BCUT2D eigenvalue weighted by Gasteiger charge is -2.06. The van der Waals surface area contributed by atoms with Crippen molar-refractivity contribution >= 4 is 11.9 Å². The van der Waals surface area contributed by atoms with Crippen LogP contribution in [0.3, 0.4) is 0 Å². The van der Waals surface area contributed by atoms with Gasteiger partial charge in [-0.25, -0.2) is 0 Å². The average molecular weight is 389 g/mol. The quantitative estimate of drug-likeness (QED) is 0.327. The van der Waals surface area contributed by atoms with Gasteiger partial charge in [0.05, 0.1) is 18.0 Å². The second kappa shape index (κ2) is 10.4. The Balaban J connectivity index is 1.61. The summed E-state index contributed by atoms with van der Waals surface area (Å²) in [5.41, 5.74) is 4.95. The molecule has 0 aliphatic heterocycles. The monoisotopic (exact) mass is 388 g/mol. The molecule has 0 unspecified atom stereocenters. The van der Waals surface area contributed by atoms with Gasteiger partial charge in [0.1, 0.15) is 5.75 Å². The van der Waals surface area contributed by atoms with E-state index in [4.69, 9.17) is 4.74 Å². The molecule has 1 aromatic heterocycles. The molecule has 0 amide bonds. The second-order valence-electron chi connectivity index (χ2n) is 7.17. The van der Waals surface area contributed by atoms with Crippen LogP contribution in [0.15, 0.2) is 60.7 Å². The summed E-state index contributed by atoms with van der Waals surface area (Å²) in [5, 5.41) is 7.55. The van der Waals surface area contributed by atoms with Crippen molar-refractivity contribution in [3.8, 4) is 28.3 Å². The van der Waals surface area contributed by atoms with E-state index < -0.39 is 0 Å². The number of allylic oxidation sites excluding steroid dienone is 1. The number of nitrogens with zero attached hydrogens (tertiary/aromatic N) is 1. The molecule has 3 rings (SSSR count). The smallest absolute Gasteiger partial charge is 0.152 e. The average Bonchev–Trinajstić information content (AvgIpc) is 3.23. The molecule has 3 aromatic rings. The molecule has 150 valence electrons. The van der Waals surface area contributed by atoms with E-state index in [1.165, 1.54) is 19.3 Å². The maximum absolute atomic E-state index is 11.0. The van der Waals surface area contributed by atoms with E-state index >= 15 is 0 Å². The standard InChI is InChI=1S/C25H28N2O2/c1-3-4-5-6-17-29-23-15-13-22(14-16-23)25-18-24(26-27-25)21-11-9-20(10-12-21)8-7-19(2)28/h7-16,18H,3-6,17H2,1-2H3,(H,26,27)/b8-7+. The first-order valence-corrected chi connectivity index (χ1v) is 10.2. The zero-order chi connectivity index (χ0) is 20.5. The topological polar surface area (TPSA) is 55.0 Å². The van der Waals surface area contributed by atoms with Gasteiger partial charge >= 0.3 is 0 Å². The SMILES string of the molecule is CCCCCCOc1ccc(-c2cc(-c3ccc(/C=C/C(C)=O)cc3)[nH]n2)cc1. The Morgan fingerprint density at radius 3 is 2.41 bits per heavy atom. The minimum atomic E-state index is 0.0418. The van der Waals surface area contributed by atoms with E-state index in [9.17, 15) is 4.79 Å². The summed E-state index contributed by atoms with van der Waals surface area (Å²) in [4.78, 5) is 11.0. The number of hydrogen-bond acceptors (Lipinski definition) is 3. The number of carbonyl (C=O) groups is 1. The number of ether oxygens (including phenoxy) is 1. The van der Waals surface area contributed by atoms with Crippen LogP contribution >= 0.6 is 0 Å². The van der Waals surface area contributed by atoms with Crippen molar-refractivity contribution in [1.29, 1.82) is 0 Å². The summed E-state index contributed by atoms with van der Waals surface area (Å²) in [6.07, 6.45) is 8.21. The van der Waals surface area contributed by atoms with Crippen molar-refractivity contribution < 1.29 is 9.53 Å². The van der Waals surface area contributed by atoms with Crippen molar-refractivity contribution in [3.05, 3.63) is 66.2 Å². The fourth-order valence-electron chi connectivity index (χ4n) is 3.05. The van der Waals surface area contributed by atoms with Crippen LogP contribution in [0.1, 0.15) is 45.1 Å². The third-order valence-corrected chi connectivity index (χ3v) is 4.73. The van der Waals surface area contributed by atoms with Gasteiger partial charge in [-0.3, -0.25) is 9.89 Å². The zero-order valence-electron chi connectivity index (χ0n) is 17.2. The fraction of sp³-hybridized carbons (Fsp3) is 0.280. The van der Waals surface area contributed by atoms with Crippen LogP contribution in [0.5, 0.6) is 5.75 Å². The number of carbonyl (C=O) groups excluding carboxylic acids is 1. The zero-order valence-corrected chi connectivity index (χ0v) is 17.2. The predicted molar refractivity (Wildman–Crippen MR) is 119 cm³/mol. The van der Waals surface area contributed by atoms with E-state index in [0.29, 0.717) is 0 Å². The Hall–Kier alpha value is -3.14. The molecule has 0 fully saturated rings. The summed E-state index contributed by atoms with van der Waals surface area (Å²) in [6.45, 7) is 4.52. The van der Waals surface area contributed by atoms with Gasteiger partial charge in [0.2, 0.25) is 0 Å². The van der Waals surface area contributed by atoms with E-state index in [1.807, 2.05) is 60.7 Å². The minimum Gasteiger partial charge on any atom is -0.494 e. The van der Waals surface area contributed by atoms with Crippen molar-refractivity contribution in [2.75, 3.05) is 6.61 Å². The summed E-state index contributed by atoms with van der Waals surface area (Å²) in [5.74, 6) is 0.940. The van der Waals surface area contributed by atoms with Gasteiger partial charge < -0.3 is 4.74 Å². The molecular formula is C25H28N2O2. The molecule has 0 bridgehead atoms. The molecule has 0 saturated heterocycles. The molecule has 0 radical (unpaired) electrons. The molecule has 1 N–H and O–H groups in total. The Bertz CT molecular complexity index is 938. The van der Waals surface area contributed by atoms with Crippen LogP contribution in [0.25, 0.3) is 28.6 Å². The summed E-state index contributed by atoms with van der Waals surface area (Å²) >= 11 is 0. The first-order valence-electron chi connectivity index (χ1n) is 10.2. The van der Waals surface area contributed by atoms with E-state index in [1.54, 1.807) is 13.0 Å². The highest BCUT2D eigenvalue weighted by molar-refractivity contribution is 5.91. The predicted octanol–water partition coefficient (Wildman–Crippen LogP) is 6.31. The largest absolute Gasteiger partial charge is 0.494 e. The highest BCUT2D eigenvalue weighted by Crippen LogP contribution is 2.26. The molecule has 29 heavy (non-hydrogen) atoms. The molecule has 0 spiro atoms. The van der Waals surface area contributed by atoms with Gasteiger partial charge in [-0.15, -0.1) is 0 Å². The normalized spacial score (nSPS) is 11.1. The van der Waals surface area contributed by atoms with Crippen molar-refractivity contribution in [2.45, 2.75) is 39.5 Å². The highest BCUT2D eigenvalue weighted by atomic mass is 16.5. The number of nitrogens with one attached hydrogen (secondary N) is 1. The number of benzene rings is 2. The Morgan fingerprint density at radius 1 is 1.00 bits per heavy atom. The maximum atomic E-state index is 11.0. The van der Waals surface area contributed by atoms with Crippen molar-refractivity contribution in [3.63, 3.8) is 0 Å². The van der Waals surface area contributed by atoms with Gasteiger partial charge in [-0.05, 0) is 60.9 Å². The lowest BCUT2D eigenvalue weighted by molar-refractivity contribution is -0.112. The van der Waals surface area contributed by atoms with E-state index in [2.05, 4.69) is 17.1 Å². The summed E-state index contributed by atoms with van der Waals surface area (Å²) in [7, 11) is 0. The Morgan fingerprint density at radius 2 is 1.72 bits per heavy atom. The van der Waals surface area contributed by atoms with Gasteiger partial charge in [0.15, 0.2) is 5.78 Å². The molecular weight excluding hydrogens is 360 g/mol. The Labute approximate surface area is 172 Å². The van der Waals surface area contributed by atoms with Crippen LogP contribution in [-0.2, 0) is 4.79 Å². The van der Waals surface area contributed by atoms with Gasteiger partial charge in [-0.2, -0.15) is 5.10 Å². The number of hydrogen-bond donors (Lipinski definition) is 1. The highest BCUT2D eigenvalue weighted by Gasteiger charge is 2.06. The lowest BCUT2D eigenvalue weighted by Crippen LogP contribution is -1.96. The van der Waals surface area contributed by atoms with E-state index in [0.717, 1.165) is 46.9 Å². The molecule has 2 aromatic carbocycles. The fourth-order valence-corrected chi connectivity index (χ4v) is 3.05. The van der Waals surface area contributed by atoms with Crippen LogP contribution in [-0.4, -0.2) is 22.6 Å². The number of rotatable bonds is 10. The number of H-pyrrole nitrogens is 1. The van der Waals surface area contributed by atoms with Gasteiger partial charge in [-0.1, -0.05) is 56.5 Å². The minimum absolute atomic E-state index is 0.0418. The molecule has 0 aliphatic carbocycles. The number of aromatic nitrogens is 2. The van der Waals surface area contributed by atoms with Crippen molar-refractivity contribution in [1.82, 2.24) is 10.2 Å².